The van der Waals surface area contributed by atoms with Gasteiger partial charge in [-0.15, -0.1) is 0 Å². The first-order chi connectivity index (χ1) is 17.5. The molecular weight excluding hydrogens is 485 g/mol. The summed E-state index contributed by atoms with van der Waals surface area (Å²) in [5, 5.41) is 2.51. The van der Waals surface area contributed by atoms with E-state index in [0.29, 0.717) is 33.8 Å². The highest BCUT2D eigenvalue weighted by molar-refractivity contribution is 8.15. The number of nitrogens with zero attached hydrogens (tertiary/aromatic N) is 2. The van der Waals surface area contributed by atoms with Crippen LogP contribution in [0.25, 0.3) is 0 Å². The number of fused-ring (bicyclic) bond motifs is 1. The molecule has 3 aromatic rings. The van der Waals surface area contributed by atoms with Crippen LogP contribution in [0, 0.1) is 5.82 Å². The minimum atomic E-state index is -0.688. The van der Waals surface area contributed by atoms with E-state index in [9.17, 15) is 14.0 Å². The molecule has 0 spiro atoms. The van der Waals surface area contributed by atoms with Crippen molar-refractivity contribution >= 4 is 40.1 Å². The highest BCUT2D eigenvalue weighted by Gasteiger charge is 2.36. The fourth-order valence-corrected chi connectivity index (χ4v) is 4.84. The normalized spacial score (nSPS) is 17.8. The minimum absolute atomic E-state index is 0.000353. The number of benzene rings is 3. The third-order valence-electron chi connectivity index (χ3n) is 5.62. The van der Waals surface area contributed by atoms with Gasteiger partial charge in [0.05, 0.1) is 19.3 Å². The van der Waals surface area contributed by atoms with Gasteiger partial charge in [-0.1, -0.05) is 17.8 Å². The largest absolute Gasteiger partial charge is 0.497 e. The van der Waals surface area contributed by atoms with E-state index in [1.807, 2.05) is 12.1 Å². The smallest absolute Gasteiger partial charge is 0.238 e. The van der Waals surface area contributed by atoms with Crippen molar-refractivity contribution in [2.45, 2.75) is 18.2 Å². The third kappa shape index (κ3) is 5.28. The zero-order valence-electron chi connectivity index (χ0n) is 19.3. The molecule has 0 radical (unpaired) electrons. The number of aliphatic imine (C=N–C) groups is 1. The van der Waals surface area contributed by atoms with Crippen LogP contribution < -0.4 is 19.5 Å². The highest BCUT2D eigenvalue weighted by atomic mass is 32.2. The van der Waals surface area contributed by atoms with E-state index in [0.717, 1.165) is 5.56 Å². The number of anilines is 1. The van der Waals surface area contributed by atoms with Gasteiger partial charge in [0.1, 0.15) is 16.8 Å². The van der Waals surface area contributed by atoms with Crippen molar-refractivity contribution in [1.29, 1.82) is 0 Å². The molecule has 0 aromatic heterocycles. The summed E-state index contributed by atoms with van der Waals surface area (Å²) >= 11 is 1.19. The first kappa shape index (κ1) is 23.7. The molecule has 0 aliphatic carbocycles. The molecule has 1 fully saturated rings. The van der Waals surface area contributed by atoms with Gasteiger partial charge >= 0.3 is 0 Å². The SMILES string of the molecule is COc1ccc(NC(=O)[C@H]2CC(=O)N(Cc3ccc4c(c3)OCO4)C(=Nc3ccc(F)cc3)S2)cc1. The van der Waals surface area contributed by atoms with Crippen LogP contribution in [-0.4, -0.2) is 41.0 Å². The predicted molar refractivity (Wildman–Crippen MR) is 134 cm³/mol. The van der Waals surface area contributed by atoms with Crippen molar-refractivity contribution in [2.24, 2.45) is 4.99 Å². The monoisotopic (exact) mass is 507 g/mol. The summed E-state index contributed by atoms with van der Waals surface area (Å²) in [6.07, 6.45) is -0.000353. The molecule has 8 nitrogen and oxygen atoms in total. The second kappa shape index (κ2) is 10.3. The van der Waals surface area contributed by atoms with Gasteiger partial charge in [-0.3, -0.25) is 14.5 Å². The number of hydrogen-bond acceptors (Lipinski definition) is 7. The lowest BCUT2D eigenvalue weighted by molar-refractivity contribution is -0.129. The number of nitrogens with one attached hydrogen (secondary N) is 1. The number of ether oxygens (including phenoxy) is 3. The van der Waals surface area contributed by atoms with Crippen LogP contribution in [0.4, 0.5) is 15.8 Å². The zero-order chi connectivity index (χ0) is 25.1. The Bertz CT molecular complexity index is 1310. The Morgan fingerprint density at radius 1 is 1.11 bits per heavy atom. The maximum atomic E-state index is 13.4. The number of hydrogen-bond donors (Lipinski definition) is 1. The maximum Gasteiger partial charge on any atom is 0.238 e. The predicted octanol–water partition coefficient (Wildman–Crippen LogP) is 4.72. The standard InChI is InChI=1S/C26H22FN3O5S/c1-33-20-9-7-18(8-10-20)28-25(32)23-13-24(31)30(14-16-2-11-21-22(12-16)35-15-34-21)26(36-23)29-19-5-3-17(27)4-6-19/h2-12,23H,13-15H2,1H3,(H,28,32)/t23-/m1/s1. The van der Waals surface area contributed by atoms with Crippen molar-refractivity contribution in [1.82, 2.24) is 4.90 Å². The van der Waals surface area contributed by atoms with Gasteiger partial charge < -0.3 is 19.5 Å². The summed E-state index contributed by atoms with van der Waals surface area (Å²) < 4.78 is 29.4. The lowest BCUT2D eigenvalue weighted by Gasteiger charge is -2.32. The van der Waals surface area contributed by atoms with Crippen LogP contribution in [-0.2, 0) is 16.1 Å². The molecule has 10 heteroatoms. The topological polar surface area (TPSA) is 89.5 Å². The van der Waals surface area contributed by atoms with Crippen LogP contribution in [0.15, 0.2) is 71.7 Å². The molecule has 0 bridgehead atoms. The molecule has 0 saturated carbocycles. The van der Waals surface area contributed by atoms with Gasteiger partial charge in [-0.2, -0.15) is 0 Å². The molecule has 1 atom stereocenters. The average molecular weight is 508 g/mol. The second-order valence-corrected chi connectivity index (χ2v) is 9.24. The van der Waals surface area contributed by atoms with E-state index in [2.05, 4.69) is 10.3 Å². The van der Waals surface area contributed by atoms with Crippen LogP contribution in [0.2, 0.25) is 0 Å². The summed E-state index contributed by atoms with van der Waals surface area (Å²) in [5.41, 5.74) is 1.88. The lowest BCUT2D eigenvalue weighted by atomic mass is 10.1. The summed E-state index contributed by atoms with van der Waals surface area (Å²) in [6, 6.07) is 18.0. The Labute approximate surface area is 211 Å². The minimum Gasteiger partial charge on any atom is -0.497 e. The van der Waals surface area contributed by atoms with Crippen molar-refractivity contribution in [3.63, 3.8) is 0 Å². The van der Waals surface area contributed by atoms with E-state index < -0.39 is 5.25 Å². The van der Waals surface area contributed by atoms with Gasteiger partial charge in [-0.25, -0.2) is 9.38 Å². The third-order valence-corrected chi connectivity index (χ3v) is 6.81. The molecule has 2 aliphatic rings. The first-order valence-electron chi connectivity index (χ1n) is 11.1. The molecule has 0 unspecified atom stereocenters. The summed E-state index contributed by atoms with van der Waals surface area (Å²) in [5.74, 6) is 0.977. The van der Waals surface area contributed by atoms with Crippen molar-refractivity contribution in [2.75, 3.05) is 19.2 Å². The molecule has 1 N–H and O–H groups in total. The summed E-state index contributed by atoms with van der Waals surface area (Å²) in [7, 11) is 1.56. The Hall–Kier alpha value is -4.05. The fraction of sp³-hybridized carbons (Fsp3) is 0.192. The Kier molecular flexibility index (Phi) is 6.77. The number of thioether (sulfide) groups is 1. The van der Waals surface area contributed by atoms with Crippen molar-refractivity contribution < 1.29 is 28.2 Å². The Morgan fingerprint density at radius 2 is 1.86 bits per heavy atom. The van der Waals surface area contributed by atoms with E-state index in [1.54, 1.807) is 37.4 Å². The number of amides is 2. The molecule has 2 aliphatic heterocycles. The summed E-state index contributed by atoms with van der Waals surface area (Å²) in [4.78, 5) is 32.4. The molecule has 184 valence electrons. The molecule has 3 aromatic carbocycles. The number of carbonyl (C=O) groups excluding carboxylic acids is 2. The van der Waals surface area contributed by atoms with Crippen LogP contribution >= 0.6 is 11.8 Å². The number of halogens is 1. The summed E-state index contributed by atoms with van der Waals surface area (Å²) in [6.45, 7) is 0.384. The first-order valence-corrected chi connectivity index (χ1v) is 12.0. The van der Waals surface area contributed by atoms with Crippen LogP contribution in [0.1, 0.15) is 12.0 Å². The molecule has 2 amide bonds. The van der Waals surface area contributed by atoms with E-state index in [1.165, 1.54) is 40.9 Å². The zero-order valence-corrected chi connectivity index (χ0v) is 20.1. The van der Waals surface area contributed by atoms with E-state index in [4.69, 9.17) is 14.2 Å². The Morgan fingerprint density at radius 3 is 2.61 bits per heavy atom. The van der Waals surface area contributed by atoms with Crippen LogP contribution in [0.3, 0.4) is 0 Å². The van der Waals surface area contributed by atoms with Crippen LogP contribution in [0.5, 0.6) is 17.2 Å². The quantitative estimate of drug-likeness (QED) is 0.519. The van der Waals surface area contributed by atoms with E-state index in [-0.39, 0.29) is 37.4 Å². The maximum absolute atomic E-state index is 13.4. The number of amidine groups is 1. The van der Waals surface area contributed by atoms with Gasteiger partial charge in [0, 0.05) is 12.1 Å². The fourth-order valence-electron chi connectivity index (χ4n) is 3.74. The molecule has 5 rings (SSSR count). The molecular formula is C26H22FN3O5S. The lowest BCUT2D eigenvalue weighted by Crippen LogP contribution is -2.44. The number of carbonyl (C=O) groups is 2. The Balaban J connectivity index is 1.38. The van der Waals surface area contributed by atoms with Crippen molar-refractivity contribution in [3.8, 4) is 17.2 Å². The van der Waals surface area contributed by atoms with Crippen molar-refractivity contribution in [3.05, 3.63) is 78.1 Å². The number of rotatable bonds is 6. The highest BCUT2D eigenvalue weighted by Crippen LogP contribution is 2.35. The average Bonchev–Trinajstić information content (AvgIpc) is 3.35. The van der Waals surface area contributed by atoms with Gasteiger partial charge in [-0.05, 0) is 66.2 Å². The van der Waals surface area contributed by atoms with Gasteiger partial charge in [0.15, 0.2) is 16.7 Å². The molecule has 1 saturated heterocycles. The second-order valence-electron chi connectivity index (χ2n) is 8.07. The molecule has 2 heterocycles. The molecule has 36 heavy (non-hydrogen) atoms. The number of methoxy groups -OCH3 is 1. The van der Waals surface area contributed by atoms with E-state index >= 15 is 0 Å². The van der Waals surface area contributed by atoms with Gasteiger partial charge in [0.25, 0.3) is 0 Å². The van der Waals surface area contributed by atoms with Gasteiger partial charge in [0.2, 0.25) is 18.6 Å².